The molecule has 0 saturated heterocycles. The molecule has 0 unspecified atom stereocenters. The van der Waals surface area contributed by atoms with Crippen molar-refractivity contribution in [2.24, 2.45) is 0 Å². The number of nitrogens with one attached hydrogen (secondary N) is 2. The summed E-state index contributed by atoms with van der Waals surface area (Å²) in [5.74, 6) is 0.568. The highest BCUT2D eigenvalue weighted by atomic mass is 14.9. The van der Waals surface area contributed by atoms with Crippen molar-refractivity contribution in [2.75, 3.05) is 0 Å². The first-order valence-corrected chi connectivity index (χ1v) is 2.89. The molecule has 52 valence electrons. The summed E-state index contributed by atoms with van der Waals surface area (Å²) in [4.78, 5) is 5.35. The van der Waals surface area contributed by atoms with Crippen LogP contribution in [0.25, 0.3) is 6.08 Å². The number of imidazole rings is 1. The lowest BCUT2D eigenvalue weighted by atomic mass is 10.4. The van der Waals surface area contributed by atoms with Gasteiger partial charge in [0.2, 0.25) is 0 Å². The van der Waals surface area contributed by atoms with E-state index < -0.39 is 0 Å². The van der Waals surface area contributed by atoms with Crippen LogP contribution in [0.15, 0.2) is 6.58 Å². The van der Waals surface area contributed by atoms with Crippen LogP contribution in [0.5, 0.6) is 0 Å². The number of aromatic nitrogens is 2. The summed E-state index contributed by atoms with van der Waals surface area (Å²) in [6.07, 6.45) is 1.50. The SMILES string of the molecule is C=Cc1[nH]c(C#N)c(C#N)[nH+]1. The number of hydrogen-bond acceptors (Lipinski definition) is 2. The van der Waals surface area contributed by atoms with E-state index in [9.17, 15) is 0 Å². The van der Waals surface area contributed by atoms with Gasteiger partial charge < -0.3 is 0 Å². The smallest absolute Gasteiger partial charge is 0.227 e. The molecule has 0 saturated carbocycles. The Kier molecular flexibility index (Phi) is 1.71. The number of aromatic amines is 2. The zero-order valence-electron chi connectivity index (χ0n) is 5.68. The fourth-order valence-corrected chi connectivity index (χ4v) is 0.695. The van der Waals surface area contributed by atoms with Crippen LogP contribution in [0.4, 0.5) is 0 Å². The molecule has 0 radical (unpaired) electrons. The van der Waals surface area contributed by atoms with E-state index in [-0.39, 0.29) is 11.4 Å². The maximum Gasteiger partial charge on any atom is 0.278 e. The molecule has 0 bridgehead atoms. The molecule has 0 spiro atoms. The third-order valence-electron chi connectivity index (χ3n) is 1.20. The van der Waals surface area contributed by atoms with Gasteiger partial charge in [0.25, 0.3) is 17.2 Å². The van der Waals surface area contributed by atoms with Crippen molar-refractivity contribution in [3.63, 3.8) is 0 Å². The van der Waals surface area contributed by atoms with Crippen molar-refractivity contribution in [1.29, 1.82) is 10.5 Å². The molecule has 1 heterocycles. The van der Waals surface area contributed by atoms with Crippen LogP contribution < -0.4 is 4.98 Å². The maximum atomic E-state index is 8.47. The average molecular weight is 145 g/mol. The van der Waals surface area contributed by atoms with Crippen molar-refractivity contribution in [1.82, 2.24) is 4.98 Å². The molecule has 4 heteroatoms. The molecule has 0 amide bonds. The molecule has 4 nitrogen and oxygen atoms in total. The molecule has 1 aromatic rings. The van der Waals surface area contributed by atoms with E-state index in [0.717, 1.165) is 0 Å². The summed E-state index contributed by atoms with van der Waals surface area (Å²) in [5.41, 5.74) is 0.477. The van der Waals surface area contributed by atoms with Crippen LogP contribution in [-0.4, -0.2) is 4.98 Å². The van der Waals surface area contributed by atoms with E-state index in [0.29, 0.717) is 5.82 Å². The summed E-state index contributed by atoms with van der Waals surface area (Å²) < 4.78 is 0. The Morgan fingerprint density at radius 1 is 1.45 bits per heavy atom. The lowest BCUT2D eigenvalue weighted by Gasteiger charge is -1.66. The molecular formula is C7H5N4+. The van der Waals surface area contributed by atoms with Gasteiger partial charge in [-0.2, -0.15) is 10.5 Å². The topological polar surface area (TPSA) is 77.5 Å². The van der Waals surface area contributed by atoms with E-state index in [1.165, 1.54) is 6.08 Å². The van der Waals surface area contributed by atoms with Gasteiger partial charge in [0.1, 0.15) is 12.1 Å². The summed E-state index contributed by atoms with van der Waals surface area (Å²) in [6, 6.07) is 3.69. The van der Waals surface area contributed by atoms with Crippen LogP contribution in [0, 0.1) is 22.7 Å². The molecule has 0 atom stereocenters. The predicted molar refractivity (Wildman–Crippen MR) is 36.9 cm³/mol. The van der Waals surface area contributed by atoms with E-state index in [4.69, 9.17) is 10.5 Å². The lowest BCUT2D eigenvalue weighted by Crippen LogP contribution is -2.06. The second kappa shape index (κ2) is 2.68. The van der Waals surface area contributed by atoms with Crippen molar-refractivity contribution >= 4 is 6.08 Å². The summed E-state index contributed by atoms with van der Waals surface area (Å²) in [7, 11) is 0. The standard InChI is InChI=1S/C7H4N4/c1-2-7-10-5(3-8)6(4-9)11-7/h2H,1H2,(H,10,11)/p+1. The van der Waals surface area contributed by atoms with Gasteiger partial charge in [-0.15, -0.1) is 0 Å². The van der Waals surface area contributed by atoms with Gasteiger partial charge >= 0.3 is 0 Å². The monoisotopic (exact) mass is 145 g/mol. The van der Waals surface area contributed by atoms with Crippen molar-refractivity contribution in [3.8, 4) is 12.1 Å². The van der Waals surface area contributed by atoms with Crippen LogP contribution in [0.1, 0.15) is 17.2 Å². The molecule has 0 aliphatic rings. The van der Waals surface area contributed by atoms with Gasteiger partial charge in [-0.3, -0.25) is 0 Å². The van der Waals surface area contributed by atoms with Crippen LogP contribution in [0.2, 0.25) is 0 Å². The first kappa shape index (κ1) is 7.04. The third kappa shape index (κ3) is 1.10. The largest absolute Gasteiger partial charge is 0.278 e. The minimum Gasteiger partial charge on any atom is -0.227 e. The van der Waals surface area contributed by atoms with Crippen molar-refractivity contribution < 1.29 is 4.98 Å². The predicted octanol–water partition coefficient (Wildman–Crippen LogP) is 0.215. The Balaban J connectivity index is 3.28. The van der Waals surface area contributed by atoms with Gasteiger partial charge in [0.15, 0.2) is 0 Å². The van der Waals surface area contributed by atoms with Gasteiger partial charge in [-0.1, -0.05) is 6.58 Å². The highest BCUT2D eigenvalue weighted by Gasteiger charge is 2.13. The van der Waals surface area contributed by atoms with E-state index in [1.807, 2.05) is 12.1 Å². The number of nitriles is 2. The normalized spacial score (nSPS) is 8.18. The Morgan fingerprint density at radius 3 is 2.55 bits per heavy atom. The maximum absolute atomic E-state index is 8.47. The summed E-state index contributed by atoms with van der Waals surface area (Å²) >= 11 is 0. The Labute approximate surface area is 63.4 Å². The van der Waals surface area contributed by atoms with E-state index >= 15 is 0 Å². The van der Waals surface area contributed by atoms with Crippen molar-refractivity contribution in [3.05, 3.63) is 23.8 Å². The Bertz CT molecular complexity index is 329. The molecular weight excluding hydrogens is 140 g/mol. The van der Waals surface area contributed by atoms with Gasteiger partial charge in [-0.25, -0.2) is 9.97 Å². The van der Waals surface area contributed by atoms with Gasteiger partial charge in [-0.05, 0) is 0 Å². The summed E-state index contributed by atoms with van der Waals surface area (Å²) in [6.45, 7) is 3.47. The van der Waals surface area contributed by atoms with Crippen LogP contribution in [0.3, 0.4) is 0 Å². The molecule has 2 N–H and O–H groups in total. The Hall–Kier alpha value is -2.07. The van der Waals surface area contributed by atoms with Crippen molar-refractivity contribution in [2.45, 2.75) is 0 Å². The summed E-state index contributed by atoms with van der Waals surface area (Å²) in [5, 5.41) is 16.9. The molecule has 1 aromatic heterocycles. The average Bonchev–Trinajstić information content (AvgIpc) is 2.46. The number of rotatable bonds is 1. The first-order valence-electron chi connectivity index (χ1n) is 2.89. The highest BCUT2D eigenvalue weighted by Crippen LogP contribution is 1.97. The molecule has 1 rings (SSSR count). The molecule has 0 fully saturated rings. The minimum atomic E-state index is 0.238. The first-order chi connectivity index (χ1) is 5.31. The second-order valence-electron chi connectivity index (χ2n) is 1.84. The minimum absolute atomic E-state index is 0.238. The zero-order chi connectivity index (χ0) is 8.27. The van der Waals surface area contributed by atoms with Crippen LogP contribution >= 0.6 is 0 Å². The third-order valence-corrected chi connectivity index (χ3v) is 1.20. The fraction of sp³-hybridized carbons (Fsp3) is 0. The highest BCUT2D eigenvalue weighted by molar-refractivity contribution is 5.39. The Morgan fingerprint density at radius 2 is 2.18 bits per heavy atom. The van der Waals surface area contributed by atoms with Gasteiger partial charge in [0.05, 0.1) is 0 Å². The number of hydrogen-bond donors (Lipinski definition) is 1. The molecule has 0 aliphatic heterocycles. The zero-order valence-corrected chi connectivity index (χ0v) is 5.68. The molecule has 11 heavy (non-hydrogen) atoms. The lowest BCUT2D eigenvalue weighted by molar-refractivity contribution is -0.382. The second-order valence-corrected chi connectivity index (χ2v) is 1.84. The van der Waals surface area contributed by atoms with E-state index in [1.54, 1.807) is 0 Å². The van der Waals surface area contributed by atoms with Gasteiger partial charge in [0, 0.05) is 6.08 Å². The van der Waals surface area contributed by atoms with Crippen LogP contribution in [-0.2, 0) is 0 Å². The molecule has 0 aliphatic carbocycles. The fourth-order valence-electron chi connectivity index (χ4n) is 0.695. The molecule has 0 aromatic carbocycles. The number of nitrogens with zero attached hydrogens (tertiary/aromatic N) is 2. The quantitative estimate of drug-likeness (QED) is 0.613. The number of H-pyrrole nitrogens is 2. The van der Waals surface area contributed by atoms with E-state index in [2.05, 4.69) is 16.5 Å².